The molecule has 0 spiro atoms. The summed E-state index contributed by atoms with van der Waals surface area (Å²) in [6.45, 7) is 6.51. The van der Waals surface area contributed by atoms with Crippen molar-refractivity contribution in [1.82, 2.24) is 19.5 Å². The Kier molecular flexibility index (Phi) is 3.39. The van der Waals surface area contributed by atoms with Gasteiger partial charge in [-0.2, -0.15) is 4.98 Å². The van der Waals surface area contributed by atoms with E-state index in [9.17, 15) is 19.4 Å². The van der Waals surface area contributed by atoms with Gasteiger partial charge >= 0.3 is 5.54 Å². The summed E-state index contributed by atoms with van der Waals surface area (Å²) < 4.78 is 14.8. The number of aromatic amines is 1. The number of aliphatic hydroxyl groups is 2. The zero-order valence-electron chi connectivity index (χ0n) is 11.8. The Hall–Kier alpha value is -2.77. The Labute approximate surface area is 128 Å². The SMILES string of the molecule is [C-]#[N+][C@]1(CO)/C(=C/F)[C@@H](n2cnc3c(=O)[nH]c(N)nc32)C[C@@H]1O. The van der Waals surface area contributed by atoms with Crippen LogP contribution in [-0.4, -0.2) is 48.0 Å². The molecular formula is C13H13FN6O3. The highest BCUT2D eigenvalue weighted by Crippen LogP contribution is 2.46. The third kappa shape index (κ3) is 1.94. The van der Waals surface area contributed by atoms with Crippen LogP contribution in [0.4, 0.5) is 10.3 Å². The Morgan fingerprint density at radius 1 is 1.70 bits per heavy atom. The number of hydrogen-bond acceptors (Lipinski definition) is 6. The summed E-state index contributed by atoms with van der Waals surface area (Å²) in [6.07, 6.45) is 0.175. The molecule has 10 heteroatoms. The van der Waals surface area contributed by atoms with Crippen LogP contribution in [0, 0.1) is 6.57 Å². The first kappa shape index (κ1) is 15.1. The molecule has 0 bridgehead atoms. The predicted octanol–water partition coefficient (Wildman–Crippen LogP) is -0.489. The smallest absolute Gasteiger partial charge is 0.305 e. The van der Waals surface area contributed by atoms with E-state index in [0.29, 0.717) is 0 Å². The van der Waals surface area contributed by atoms with Crippen LogP contribution in [0.1, 0.15) is 12.5 Å². The van der Waals surface area contributed by atoms with Gasteiger partial charge in [0.15, 0.2) is 11.2 Å². The third-order valence-electron chi connectivity index (χ3n) is 4.20. The van der Waals surface area contributed by atoms with E-state index in [1.807, 2.05) is 0 Å². The molecule has 1 aliphatic rings. The largest absolute Gasteiger partial charge is 0.387 e. The number of aromatic nitrogens is 4. The maximum Gasteiger partial charge on any atom is 0.305 e. The van der Waals surface area contributed by atoms with Crippen molar-refractivity contribution in [3.05, 3.63) is 40.0 Å². The topological polar surface area (TPSA) is 134 Å². The van der Waals surface area contributed by atoms with Crippen LogP contribution in [0.15, 0.2) is 23.0 Å². The van der Waals surface area contributed by atoms with Gasteiger partial charge in [-0.05, 0) is 0 Å². The van der Waals surface area contributed by atoms with Crippen molar-refractivity contribution in [2.24, 2.45) is 0 Å². The first-order chi connectivity index (χ1) is 11.0. The van der Waals surface area contributed by atoms with Crippen molar-refractivity contribution in [3.8, 4) is 0 Å². The summed E-state index contributed by atoms with van der Waals surface area (Å²) in [6, 6.07) is -0.810. The van der Waals surface area contributed by atoms with E-state index in [4.69, 9.17) is 12.3 Å². The second kappa shape index (κ2) is 5.15. The highest BCUT2D eigenvalue weighted by atomic mass is 19.1. The van der Waals surface area contributed by atoms with Gasteiger partial charge in [-0.3, -0.25) is 14.6 Å². The van der Waals surface area contributed by atoms with Crippen LogP contribution in [-0.2, 0) is 0 Å². The molecule has 0 amide bonds. The first-order valence-electron chi connectivity index (χ1n) is 6.69. The molecule has 0 saturated heterocycles. The van der Waals surface area contributed by atoms with Crippen molar-refractivity contribution in [3.63, 3.8) is 0 Å². The number of nitrogen functional groups attached to an aromatic ring is 1. The van der Waals surface area contributed by atoms with E-state index >= 15 is 0 Å². The van der Waals surface area contributed by atoms with Gasteiger partial charge in [-0.1, -0.05) is 0 Å². The minimum Gasteiger partial charge on any atom is -0.387 e. The number of imidazole rings is 1. The fourth-order valence-electron chi connectivity index (χ4n) is 2.99. The van der Waals surface area contributed by atoms with Crippen LogP contribution in [0.3, 0.4) is 0 Å². The number of H-pyrrole nitrogens is 1. The van der Waals surface area contributed by atoms with Crippen molar-refractivity contribution in [2.75, 3.05) is 12.3 Å². The number of hydrogen-bond donors (Lipinski definition) is 4. The first-order valence-corrected chi connectivity index (χ1v) is 6.69. The Bertz CT molecular complexity index is 897. The average molecular weight is 320 g/mol. The van der Waals surface area contributed by atoms with Crippen LogP contribution in [0.25, 0.3) is 16.0 Å². The molecular weight excluding hydrogens is 307 g/mol. The standard InChI is InChI=1S/C13H13FN6O3/c1-16-13(4-21)6(3-14)7(2-8(13)22)20-5-17-9-10(20)18-12(15)19-11(9)23/h3,5,7-8,21-22H,2,4H2,(H3,15,18,19,23)/b6-3+/t7-,8-,13+/m0/s1. The number of nitrogens with two attached hydrogens (primary N) is 1. The second-order valence-corrected chi connectivity index (χ2v) is 5.30. The Balaban J connectivity index is 2.21. The van der Waals surface area contributed by atoms with E-state index in [1.54, 1.807) is 0 Å². The number of nitrogens with one attached hydrogen (secondary N) is 1. The summed E-state index contributed by atoms with van der Waals surface area (Å²) >= 11 is 0. The lowest BCUT2D eigenvalue weighted by Crippen LogP contribution is -2.39. The number of anilines is 1. The predicted molar refractivity (Wildman–Crippen MR) is 77.8 cm³/mol. The second-order valence-electron chi connectivity index (χ2n) is 5.30. The summed E-state index contributed by atoms with van der Waals surface area (Å²) in [5.74, 6) is -0.132. The molecule has 9 nitrogen and oxygen atoms in total. The molecule has 120 valence electrons. The van der Waals surface area contributed by atoms with Crippen LogP contribution in [0.2, 0.25) is 0 Å². The van der Waals surface area contributed by atoms with Gasteiger partial charge in [0, 0.05) is 6.42 Å². The molecule has 2 aromatic rings. The number of fused-ring (bicyclic) bond motifs is 1. The molecule has 1 fully saturated rings. The summed E-state index contributed by atoms with van der Waals surface area (Å²) in [5, 5.41) is 19.7. The van der Waals surface area contributed by atoms with Gasteiger partial charge in [0.05, 0.1) is 24.3 Å². The quantitative estimate of drug-likeness (QED) is 0.552. The molecule has 3 rings (SSSR count). The van der Waals surface area contributed by atoms with E-state index in [1.165, 1.54) is 10.9 Å². The molecule has 0 aliphatic heterocycles. The maximum absolute atomic E-state index is 13.5. The maximum atomic E-state index is 13.5. The molecule has 2 heterocycles. The number of rotatable bonds is 2. The van der Waals surface area contributed by atoms with E-state index in [0.717, 1.165) is 0 Å². The Morgan fingerprint density at radius 3 is 3.04 bits per heavy atom. The Morgan fingerprint density at radius 2 is 2.43 bits per heavy atom. The molecule has 0 unspecified atom stereocenters. The van der Waals surface area contributed by atoms with E-state index in [-0.39, 0.29) is 35.4 Å². The molecule has 23 heavy (non-hydrogen) atoms. The van der Waals surface area contributed by atoms with Crippen LogP contribution in [0.5, 0.6) is 0 Å². The van der Waals surface area contributed by atoms with Gasteiger partial charge in [0.1, 0.15) is 12.7 Å². The fourth-order valence-corrected chi connectivity index (χ4v) is 2.99. The van der Waals surface area contributed by atoms with Gasteiger partial charge < -0.3 is 20.5 Å². The highest BCUT2D eigenvalue weighted by molar-refractivity contribution is 5.71. The molecule has 3 atom stereocenters. The van der Waals surface area contributed by atoms with Gasteiger partial charge in [0.25, 0.3) is 5.56 Å². The molecule has 0 aromatic carbocycles. The lowest BCUT2D eigenvalue weighted by molar-refractivity contribution is 0.0984. The van der Waals surface area contributed by atoms with Gasteiger partial charge in [-0.25, -0.2) is 15.9 Å². The zero-order chi connectivity index (χ0) is 16.8. The van der Waals surface area contributed by atoms with Crippen molar-refractivity contribution >= 4 is 17.1 Å². The molecule has 1 aliphatic carbocycles. The highest BCUT2D eigenvalue weighted by Gasteiger charge is 2.58. The van der Waals surface area contributed by atoms with Crippen LogP contribution < -0.4 is 11.3 Å². The molecule has 0 radical (unpaired) electrons. The monoisotopic (exact) mass is 320 g/mol. The van der Waals surface area contributed by atoms with Gasteiger partial charge in [-0.15, -0.1) is 0 Å². The summed E-state index contributed by atoms with van der Waals surface area (Å²) in [5.41, 5.74) is 3.24. The molecule has 1 saturated carbocycles. The molecule has 2 aromatic heterocycles. The molecule has 5 N–H and O–H groups in total. The lowest BCUT2D eigenvalue weighted by atomic mass is 9.92. The number of aliphatic hydroxyl groups excluding tert-OH is 2. The minimum atomic E-state index is -1.76. The van der Waals surface area contributed by atoms with Crippen molar-refractivity contribution in [2.45, 2.75) is 24.1 Å². The van der Waals surface area contributed by atoms with Crippen molar-refractivity contribution < 1.29 is 14.6 Å². The fraction of sp³-hybridized carbons (Fsp3) is 0.385. The number of nitrogens with zero attached hydrogens (tertiary/aromatic N) is 4. The zero-order valence-corrected chi connectivity index (χ0v) is 11.8. The lowest BCUT2D eigenvalue weighted by Gasteiger charge is -2.19. The third-order valence-corrected chi connectivity index (χ3v) is 4.20. The van der Waals surface area contributed by atoms with Crippen molar-refractivity contribution in [1.29, 1.82) is 0 Å². The van der Waals surface area contributed by atoms with E-state index < -0.39 is 29.9 Å². The summed E-state index contributed by atoms with van der Waals surface area (Å²) in [7, 11) is 0. The summed E-state index contributed by atoms with van der Waals surface area (Å²) in [4.78, 5) is 25.3. The average Bonchev–Trinajstić information content (AvgIpc) is 3.05. The van der Waals surface area contributed by atoms with Gasteiger partial charge in [0.2, 0.25) is 5.95 Å². The number of halogens is 1. The van der Waals surface area contributed by atoms with Crippen LogP contribution >= 0.6 is 0 Å². The normalized spacial score (nSPS) is 29.2. The van der Waals surface area contributed by atoms with E-state index in [2.05, 4.69) is 19.8 Å². The minimum absolute atomic E-state index is 0.0104.